The summed E-state index contributed by atoms with van der Waals surface area (Å²) in [7, 11) is -11.3. The molecule has 0 radical (unpaired) electrons. The number of H-pyrrole nitrogens is 1. The van der Waals surface area contributed by atoms with E-state index in [-0.39, 0.29) is 101 Å². The Balaban J connectivity index is 0.000000946. The number of hydrogen-bond acceptors (Lipinski definition) is 34. The summed E-state index contributed by atoms with van der Waals surface area (Å²) in [6.07, 6.45) is -7.37. The quantitative estimate of drug-likeness (QED) is 0.00778. The van der Waals surface area contributed by atoms with Crippen LogP contribution < -0.4 is 53.7 Å². The number of carbonyl (C=O) groups excluding carboxylic acids is 5. The van der Waals surface area contributed by atoms with Crippen molar-refractivity contribution in [2.75, 3.05) is 76.5 Å². The van der Waals surface area contributed by atoms with Gasteiger partial charge in [0.25, 0.3) is 16.7 Å². The van der Waals surface area contributed by atoms with Gasteiger partial charge in [-0.1, -0.05) is 181 Å². The van der Waals surface area contributed by atoms with Gasteiger partial charge in [0, 0.05) is 70.3 Å². The normalized spacial score (nSPS) is 22.6. The molecule has 0 spiro atoms. The van der Waals surface area contributed by atoms with Crippen molar-refractivity contribution in [3.8, 4) is 0 Å². The lowest BCUT2D eigenvalue weighted by Gasteiger charge is -2.27. The number of hydrogen-bond donors (Lipinski definition) is 8. The summed E-state index contributed by atoms with van der Waals surface area (Å²) >= 11 is 22.8. The van der Waals surface area contributed by atoms with Crippen LogP contribution in [0.2, 0.25) is 0 Å². The Bertz CT molecular complexity index is 5090. The van der Waals surface area contributed by atoms with Crippen molar-refractivity contribution < 1.29 is 124 Å². The van der Waals surface area contributed by atoms with Gasteiger partial charge in [-0.05, 0) is 105 Å². The molecule has 0 saturated carbocycles. The van der Waals surface area contributed by atoms with E-state index in [1.165, 1.54) is 78.9 Å². The molecule has 3 aliphatic heterocycles. The lowest BCUT2D eigenvalue weighted by molar-refractivity contribution is -0.894. The number of carbonyl (C=O) groups is 5. The number of thioether (sulfide) groups is 3. The number of aromatic amines is 1. The van der Waals surface area contributed by atoms with E-state index < -0.39 is 194 Å². The predicted octanol–water partition coefficient (Wildman–Crippen LogP) is 9.97. The van der Waals surface area contributed by atoms with E-state index in [1.807, 2.05) is 81.4 Å². The first-order chi connectivity index (χ1) is 62.8. The average molecular weight is 2130 g/mol. The van der Waals surface area contributed by atoms with Gasteiger partial charge in [0.2, 0.25) is 0 Å². The first-order valence-electron chi connectivity index (χ1n) is 43.6. The molecule has 5 aromatic rings. The SMILES string of the molecule is C.C.C.CC(C)OC(=O)[C@@H](C)NP(=O)(OCCSC(=O)C(C)(C)C)OC[C@H]1O[C@@H](n2ccc(=O)[nH]c2=O)[C@](C)(Cl)[C@@H]1O.CC(C)OC(=O)[C@@H](C)NP(=O)(OCCSC(=O)C(C)(C)C)OC[C@H]1O[C@@H](n2ccc(=O)n(COCc3ccccc3)c2=O)[C@](C)(Cl)[C@@H]1O.CCC(C)(C)C(=O)SCCO[P+](=O)[O-].CC[NH+](CC)CC.C[C@@]1(Cl)[C@H](O)[C@@H](CO)O[C@H]1n1ccc(=O)n(COCc2ccccc2)c1=O. The van der Waals surface area contributed by atoms with Crippen LogP contribution in [0.15, 0.2) is 126 Å². The summed E-state index contributed by atoms with van der Waals surface area (Å²) in [5.74, 6) is -0.713. The van der Waals surface area contributed by atoms with E-state index >= 15 is 0 Å². The third-order valence-corrected chi connectivity index (χ3v) is 29.3. The van der Waals surface area contributed by atoms with Crippen LogP contribution in [-0.4, -0.2) is 228 Å². The number of nitrogens with one attached hydrogen (secondary N) is 4. The standard InChI is InChI=1S/C31H45ClN3O11PS.C23H37ClN3O10PS.C18H21ClN2O6.C8H15O4PS.C6H15N.3CH4/c1-20(2)45-26(38)21(3)33-47(41,43-15-16-48-28(39)30(4,5)6)44-18-23-25(37)31(7,32)27(46-23)34-14-13-24(36)35(29(34)40)19-42-17-22-11-9-8-10-12-22;1-13(2)36-18(30)14(3)26-38(33,34-10-11-39-20(31)22(4,5)6)35-12-15-17(29)23(7,24)19(37-15)27-9-8-16(28)25-21(27)32;1-18(19)15(24)13(9-22)27-16(18)20-8-7-14(23)21(17(20)25)11-26-10-12-5-3-2-4-6-12;1-4-8(2,3)7(9)14-6-5-12-13(10)11;1-4-7(5-2)6-3;;;/h8-14,20-21,23,25,27,37H,15-19H2,1-7H3,(H,33,41);8-9,13-15,17,19,29H,10-12H2,1-7H3,(H,26,33)(H,25,28,32);2-8,13,15-16,22,24H,9-11H2,1H3;4-6H2,1-3H3;4-6H2,1-3H3;3*1H4/p+1/t21-,23-,25-,27-,31-,47?;14-,15-,17-,19-,23-,38?;13-,15-,16-,18-;;;;;/m111...../s1. The molecule has 0 amide bonds. The van der Waals surface area contributed by atoms with Crippen molar-refractivity contribution in [3.63, 3.8) is 0 Å². The Morgan fingerprint density at radius 1 is 0.536 bits per heavy atom. The number of halogens is 3. The summed E-state index contributed by atoms with van der Waals surface area (Å²) in [6.45, 7) is 38.7. The number of quaternary nitrogens is 1. The fourth-order valence-electron chi connectivity index (χ4n) is 12.2. The molecule has 6 heterocycles. The molecule has 138 heavy (non-hydrogen) atoms. The summed E-state index contributed by atoms with van der Waals surface area (Å²) in [5, 5.41) is 46.4. The first kappa shape index (κ1) is 130. The highest BCUT2D eigenvalue weighted by Gasteiger charge is 2.57. The van der Waals surface area contributed by atoms with Gasteiger partial charge in [-0.15, -0.1) is 39.3 Å². The zero-order valence-corrected chi connectivity index (χ0v) is 87.4. The maximum absolute atomic E-state index is 13.8. The highest BCUT2D eigenvalue weighted by molar-refractivity contribution is 8.14. The maximum Gasteiger partial charge on any atom is 0.488 e. The molecular weight excluding hydrogens is 1990 g/mol. The van der Waals surface area contributed by atoms with Gasteiger partial charge in [-0.3, -0.25) is 75.1 Å². The van der Waals surface area contributed by atoms with Gasteiger partial charge < -0.3 is 63.4 Å². The third kappa shape index (κ3) is 40.7. The molecule has 3 unspecified atom stereocenters. The van der Waals surface area contributed by atoms with E-state index in [4.69, 9.17) is 86.1 Å². The summed E-state index contributed by atoms with van der Waals surface area (Å²) < 4.78 is 108. The molecule has 40 nitrogen and oxygen atoms in total. The topological polar surface area (TPSA) is 523 Å². The van der Waals surface area contributed by atoms with Crippen molar-refractivity contribution in [2.24, 2.45) is 16.2 Å². The Hall–Kier alpha value is -5.81. The van der Waals surface area contributed by atoms with Crippen LogP contribution in [-0.2, 0) is 120 Å². The minimum absolute atomic E-state index is 0. The summed E-state index contributed by atoms with van der Waals surface area (Å²) in [6, 6.07) is 19.8. The van der Waals surface area contributed by atoms with Crippen molar-refractivity contribution >= 4 is 121 Å². The number of esters is 2. The molecule has 8 rings (SSSR count). The van der Waals surface area contributed by atoms with Gasteiger partial charge >= 0.3 is 52.8 Å². The molecule has 3 aliphatic rings. The third-order valence-electron chi connectivity index (χ3n) is 20.6. The van der Waals surface area contributed by atoms with E-state index in [1.54, 1.807) is 74.1 Å². The number of aliphatic hydroxyl groups is 4. The molecule has 3 fully saturated rings. The van der Waals surface area contributed by atoms with Gasteiger partial charge in [0.1, 0.15) is 83.4 Å². The number of nitrogens with zero attached hydrogens (tertiary/aromatic N) is 5. The fourth-order valence-corrected chi connectivity index (χ4v) is 19.1. The number of benzene rings is 2. The lowest BCUT2D eigenvalue weighted by Crippen LogP contribution is -3.11. The molecular formula is C89H146Cl3N9O31P3S3+. The van der Waals surface area contributed by atoms with E-state index in [0.717, 1.165) is 87.8 Å². The van der Waals surface area contributed by atoms with Crippen LogP contribution >= 0.6 is 93.8 Å². The van der Waals surface area contributed by atoms with Gasteiger partial charge in [0.05, 0.1) is 78.1 Å². The summed E-state index contributed by atoms with van der Waals surface area (Å²) in [4.78, 5) is 145. The Kier molecular flexibility index (Phi) is 56.8. The highest BCUT2D eigenvalue weighted by Crippen LogP contribution is 2.51. The largest absolute Gasteiger partial charge is 0.566 e. The number of rotatable bonds is 43. The number of aromatic nitrogens is 6. The van der Waals surface area contributed by atoms with Crippen LogP contribution in [0.1, 0.15) is 204 Å². The lowest BCUT2D eigenvalue weighted by atomic mass is 9.92. The fraction of sp³-hybridized carbons (Fsp3) is 0.674. The highest BCUT2D eigenvalue weighted by atomic mass is 35.5. The van der Waals surface area contributed by atoms with Crippen LogP contribution in [0.5, 0.6) is 0 Å². The minimum atomic E-state index is -4.29. The molecule has 8 N–H and O–H groups in total. The zero-order chi connectivity index (χ0) is 102. The molecule has 0 aliphatic carbocycles. The van der Waals surface area contributed by atoms with Crippen LogP contribution in [0, 0.1) is 16.2 Å². The molecule has 2 aromatic carbocycles. The number of alkyl halides is 3. The molecule has 3 saturated heterocycles. The van der Waals surface area contributed by atoms with E-state index in [2.05, 4.69) is 40.5 Å². The summed E-state index contributed by atoms with van der Waals surface area (Å²) in [5.41, 5.74) is -3.81. The monoisotopic (exact) mass is 2130 g/mol. The first-order valence-corrected chi connectivity index (χ1v) is 51.8. The van der Waals surface area contributed by atoms with Crippen molar-refractivity contribution in [1.29, 1.82) is 0 Å². The molecule has 786 valence electrons. The van der Waals surface area contributed by atoms with Gasteiger partial charge in [0.15, 0.2) is 34.0 Å². The molecule has 17 atom stereocenters. The number of ether oxygens (including phenoxy) is 7. The second-order valence-electron chi connectivity index (χ2n) is 35.0. The van der Waals surface area contributed by atoms with Crippen LogP contribution in [0.25, 0.3) is 0 Å². The van der Waals surface area contributed by atoms with Gasteiger partial charge in [-0.2, -0.15) is 0 Å². The Morgan fingerprint density at radius 3 is 1.20 bits per heavy atom. The van der Waals surface area contributed by atoms with Crippen molar-refractivity contribution in [2.45, 2.75) is 295 Å². The average Bonchev–Trinajstić information content (AvgIpc) is 1.61. The molecule has 3 aromatic heterocycles. The second-order valence-corrected chi connectivity index (χ2v) is 44.9. The van der Waals surface area contributed by atoms with Crippen LogP contribution in [0.3, 0.4) is 0 Å². The number of aliphatic hydroxyl groups excluding tert-OH is 4. The van der Waals surface area contributed by atoms with Crippen LogP contribution in [0.4, 0.5) is 0 Å². The Morgan fingerprint density at radius 2 is 0.877 bits per heavy atom. The maximum atomic E-state index is 13.8. The molecule has 0 bridgehead atoms. The molecule has 49 heteroatoms. The Labute approximate surface area is 836 Å². The van der Waals surface area contributed by atoms with Crippen molar-refractivity contribution in [3.05, 3.63) is 171 Å². The minimum Gasteiger partial charge on any atom is -0.566 e. The second kappa shape index (κ2) is 60.2. The zero-order valence-electron chi connectivity index (χ0n) is 80.0. The smallest absolute Gasteiger partial charge is 0.488 e. The van der Waals surface area contributed by atoms with E-state index in [0.29, 0.717) is 5.75 Å². The van der Waals surface area contributed by atoms with Crippen molar-refractivity contribution in [1.82, 2.24) is 38.0 Å². The predicted molar refractivity (Wildman–Crippen MR) is 532 cm³/mol. The van der Waals surface area contributed by atoms with E-state index in [9.17, 15) is 91.8 Å². The van der Waals surface area contributed by atoms with Gasteiger partial charge in [-0.25, -0.2) is 42.8 Å².